The van der Waals surface area contributed by atoms with Crippen molar-refractivity contribution in [2.45, 2.75) is 57.5 Å². The van der Waals surface area contributed by atoms with Crippen molar-refractivity contribution in [2.75, 3.05) is 0 Å². The van der Waals surface area contributed by atoms with Gasteiger partial charge >= 0.3 is 11.9 Å². The molecule has 0 unspecified atom stereocenters. The van der Waals surface area contributed by atoms with E-state index in [4.69, 9.17) is 15.9 Å². The number of aliphatic carboxylic acids is 2. The number of nitrogens with two attached hydrogens (primary N) is 1. The van der Waals surface area contributed by atoms with Gasteiger partial charge in [0.1, 0.15) is 18.1 Å². The normalized spacial score (nSPS) is 16.3. The van der Waals surface area contributed by atoms with E-state index in [1.165, 1.54) is 20.8 Å². The Morgan fingerprint density at radius 1 is 0.846 bits per heavy atom. The molecular weight excluding hydrogens is 352 g/mol. The SMILES string of the molecule is C[C@H](NC(=O)[C@H](C)NC(=O)[C@@H](NC(=O)[C@@H](N)CC(=O)O)[C@@H](C)O)C(=O)O. The molecule has 26 heavy (non-hydrogen) atoms. The number of carbonyl (C=O) groups is 5. The number of carboxylic acids is 2. The number of carboxylic acid groups (broad SMARTS) is 2. The molecule has 8 N–H and O–H groups in total. The van der Waals surface area contributed by atoms with Gasteiger partial charge in [-0.25, -0.2) is 0 Å². The molecule has 12 nitrogen and oxygen atoms in total. The van der Waals surface area contributed by atoms with Crippen molar-refractivity contribution in [3.63, 3.8) is 0 Å². The van der Waals surface area contributed by atoms with Gasteiger partial charge in [-0.1, -0.05) is 0 Å². The second kappa shape index (κ2) is 10.3. The molecule has 0 aromatic carbocycles. The standard InChI is InChI=1S/C14H24N4O8/c1-5(11(22)17-6(2)14(25)26)16-13(24)10(7(3)19)18-12(23)8(15)4-9(20)21/h5-8,10,19H,4,15H2,1-3H3,(H,16,24)(H,17,22)(H,18,23)(H,20,21)(H,25,26)/t5-,6-,7+,8-,10-/m0/s1. The first-order valence-electron chi connectivity index (χ1n) is 7.66. The minimum atomic E-state index is -1.49. The molecule has 0 heterocycles. The van der Waals surface area contributed by atoms with E-state index >= 15 is 0 Å². The second-order valence-electron chi connectivity index (χ2n) is 5.73. The zero-order chi connectivity index (χ0) is 20.6. The van der Waals surface area contributed by atoms with Gasteiger partial charge in [-0.15, -0.1) is 0 Å². The molecule has 0 aliphatic carbocycles. The van der Waals surface area contributed by atoms with Crippen LogP contribution in [-0.4, -0.2) is 75.3 Å². The first-order valence-corrected chi connectivity index (χ1v) is 7.66. The summed E-state index contributed by atoms with van der Waals surface area (Å²) in [6.07, 6.45) is -2.05. The minimum Gasteiger partial charge on any atom is -0.481 e. The number of hydrogen-bond donors (Lipinski definition) is 7. The Balaban J connectivity index is 4.87. The Bertz CT molecular complexity index is 565. The zero-order valence-electron chi connectivity index (χ0n) is 14.6. The molecule has 148 valence electrons. The summed E-state index contributed by atoms with van der Waals surface area (Å²) in [6, 6.07) is -5.26. The van der Waals surface area contributed by atoms with Crippen molar-refractivity contribution in [3.05, 3.63) is 0 Å². The van der Waals surface area contributed by atoms with Gasteiger partial charge < -0.3 is 37.0 Å². The summed E-state index contributed by atoms with van der Waals surface area (Å²) < 4.78 is 0. The number of rotatable bonds is 10. The summed E-state index contributed by atoms with van der Waals surface area (Å²) in [5.41, 5.74) is 5.37. The van der Waals surface area contributed by atoms with Gasteiger partial charge in [0.25, 0.3) is 0 Å². The molecule has 0 bridgehead atoms. The van der Waals surface area contributed by atoms with Gasteiger partial charge in [0.05, 0.1) is 18.6 Å². The van der Waals surface area contributed by atoms with E-state index in [0.29, 0.717) is 0 Å². The van der Waals surface area contributed by atoms with E-state index in [9.17, 15) is 29.1 Å². The van der Waals surface area contributed by atoms with Crippen LogP contribution in [-0.2, 0) is 24.0 Å². The predicted molar refractivity (Wildman–Crippen MR) is 86.7 cm³/mol. The molecule has 5 atom stereocenters. The second-order valence-corrected chi connectivity index (χ2v) is 5.73. The van der Waals surface area contributed by atoms with Crippen LogP contribution in [0.4, 0.5) is 0 Å². The average Bonchev–Trinajstić information content (AvgIpc) is 2.50. The van der Waals surface area contributed by atoms with Crippen molar-refractivity contribution in [1.82, 2.24) is 16.0 Å². The van der Waals surface area contributed by atoms with Gasteiger partial charge in [0.2, 0.25) is 17.7 Å². The smallest absolute Gasteiger partial charge is 0.325 e. The topological polar surface area (TPSA) is 208 Å². The van der Waals surface area contributed by atoms with Crippen LogP contribution < -0.4 is 21.7 Å². The summed E-state index contributed by atoms with van der Waals surface area (Å²) in [5.74, 6) is -5.26. The molecule has 0 saturated heterocycles. The molecule has 0 saturated carbocycles. The van der Waals surface area contributed by atoms with Crippen molar-refractivity contribution < 1.29 is 39.3 Å². The molecule has 12 heteroatoms. The summed E-state index contributed by atoms with van der Waals surface area (Å²) in [5, 5.41) is 33.5. The zero-order valence-corrected chi connectivity index (χ0v) is 14.6. The average molecular weight is 376 g/mol. The largest absolute Gasteiger partial charge is 0.481 e. The van der Waals surface area contributed by atoms with E-state index in [-0.39, 0.29) is 0 Å². The van der Waals surface area contributed by atoms with Gasteiger partial charge in [-0.3, -0.25) is 24.0 Å². The van der Waals surface area contributed by atoms with Gasteiger partial charge in [-0.2, -0.15) is 0 Å². The molecule has 0 radical (unpaired) electrons. The van der Waals surface area contributed by atoms with Gasteiger partial charge in [0, 0.05) is 0 Å². The van der Waals surface area contributed by atoms with Crippen LogP contribution in [0.25, 0.3) is 0 Å². The highest BCUT2D eigenvalue weighted by molar-refractivity contribution is 5.94. The summed E-state index contributed by atoms with van der Waals surface area (Å²) in [6.45, 7) is 3.71. The molecule has 0 aliphatic rings. The van der Waals surface area contributed by atoms with Crippen LogP contribution in [0.3, 0.4) is 0 Å². The lowest BCUT2D eigenvalue weighted by Gasteiger charge is -2.24. The Morgan fingerprint density at radius 3 is 1.77 bits per heavy atom. The summed E-state index contributed by atoms with van der Waals surface area (Å²) >= 11 is 0. The highest BCUT2D eigenvalue weighted by atomic mass is 16.4. The number of aliphatic hydroxyl groups is 1. The summed E-state index contributed by atoms with van der Waals surface area (Å²) in [7, 11) is 0. The first-order chi connectivity index (χ1) is 11.9. The lowest BCUT2D eigenvalue weighted by atomic mass is 10.1. The third-order valence-corrected chi connectivity index (χ3v) is 3.28. The quantitative estimate of drug-likeness (QED) is 0.204. The highest BCUT2D eigenvalue weighted by Crippen LogP contribution is 1.98. The molecule has 3 amide bonds. The Hall–Kier alpha value is -2.73. The van der Waals surface area contributed by atoms with Gasteiger partial charge in [-0.05, 0) is 20.8 Å². The molecular formula is C14H24N4O8. The van der Waals surface area contributed by atoms with Crippen molar-refractivity contribution in [1.29, 1.82) is 0 Å². The Labute approximate surface area is 149 Å². The molecule has 0 fully saturated rings. The van der Waals surface area contributed by atoms with Gasteiger partial charge in [0.15, 0.2) is 0 Å². The Kier molecular flexibility index (Phi) is 9.22. The fourth-order valence-corrected chi connectivity index (χ4v) is 1.72. The van der Waals surface area contributed by atoms with E-state index in [2.05, 4.69) is 16.0 Å². The van der Waals surface area contributed by atoms with Crippen molar-refractivity contribution >= 4 is 29.7 Å². The van der Waals surface area contributed by atoms with Crippen molar-refractivity contribution in [2.24, 2.45) is 5.73 Å². The number of carbonyl (C=O) groups excluding carboxylic acids is 3. The molecule has 0 aromatic heterocycles. The first kappa shape index (κ1) is 23.3. The lowest BCUT2D eigenvalue weighted by Crippen LogP contribution is -2.59. The number of hydrogen-bond acceptors (Lipinski definition) is 7. The molecule has 0 aromatic rings. The summed E-state index contributed by atoms with van der Waals surface area (Å²) in [4.78, 5) is 57.0. The maximum Gasteiger partial charge on any atom is 0.325 e. The Morgan fingerprint density at radius 2 is 1.35 bits per heavy atom. The van der Waals surface area contributed by atoms with Crippen LogP contribution in [0, 0.1) is 0 Å². The lowest BCUT2D eigenvalue weighted by molar-refractivity contribution is -0.141. The number of nitrogens with one attached hydrogen (secondary N) is 3. The maximum atomic E-state index is 12.2. The van der Waals surface area contributed by atoms with Crippen LogP contribution in [0.1, 0.15) is 27.2 Å². The number of amides is 3. The van der Waals surface area contributed by atoms with Crippen LogP contribution >= 0.6 is 0 Å². The minimum absolute atomic E-state index is 0.675. The fourth-order valence-electron chi connectivity index (χ4n) is 1.72. The third-order valence-electron chi connectivity index (χ3n) is 3.28. The monoisotopic (exact) mass is 376 g/mol. The fraction of sp³-hybridized carbons (Fsp3) is 0.643. The molecule has 0 spiro atoms. The molecule has 0 rings (SSSR count). The number of aliphatic hydroxyl groups excluding tert-OH is 1. The third kappa shape index (κ3) is 7.90. The van der Waals surface area contributed by atoms with E-state index < -0.39 is 66.4 Å². The van der Waals surface area contributed by atoms with E-state index in [1.54, 1.807) is 0 Å². The van der Waals surface area contributed by atoms with Crippen LogP contribution in [0.5, 0.6) is 0 Å². The predicted octanol–water partition coefficient (Wildman–Crippen LogP) is -3.25. The maximum absolute atomic E-state index is 12.2. The van der Waals surface area contributed by atoms with Crippen molar-refractivity contribution in [3.8, 4) is 0 Å². The van der Waals surface area contributed by atoms with Crippen LogP contribution in [0.2, 0.25) is 0 Å². The molecule has 0 aliphatic heterocycles. The van der Waals surface area contributed by atoms with E-state index in [1.807, 2.05) is 0 Å². The van der Waals surface area contributed by atoms with E-state index in [0.717, 1.165) is 0 Å². The highest BCUT2D eigenvalue weighted by Gasteiger charge is 2.30. The van der Waals surface area contributed by atoms with Crippen LogP contribution in [0.15, 0.2) is 0 Å².